The van der Waals surface area contributed by atoms with Crippen molar-refractivity contribution in [2.45, 2.75) is 31.9 Å². The Kier molecular flexibility index (Phi) is 6.33. The molecule has 184 valence electrons. The highest BCUT2D eigenvalue weighted by molar-refractivity contribution is 5.97. The molecule has 3 heterocycles. The van der Waals surface area contributed by atoms with Crippen LogP contribution in [0.4, 0.5) is 8.78 Å². The Morgan fingerprint density at radius 3 is 2.63 bits per heavy atom. The van der Waals surface area contributed by atoms with Gasteiger partial charge >= 0.3 is 5.97 Å². The number of esters is 1. The number of benzene rings is 1. The van der Waals surface area contributed by atoms with Crippen molar-refractivity contribution in [3.8, 4) is 17.3 Å². The molecule has 1 aromatic carbocycles. The van der Waals surface area contributed by atoms with Crippen LogP contribution in [0.25, 0.3) is 33.6 Å². The zero-order chi connectivity index (χ0) is 25.5. The molecule has 0 saturated carbocycles. The zero-order valence-electron chi connectivity index (χ0n) is 20.0. The second-order valence-corrected chi connectivity index (χ2v) is 8.43. The number of aromatic nitrogens is 4. The maximum absolute atomic E-state index is 14.8. The number of alkyl halides is 2. The molecule has 0 saturated heterocycles. The maximum Gasteiger partial charge on any atom is 0.338 e. The summed E-state index contributed by atoms with van der Waals surface area (Å²) < 4.78 is 43.2. The van der Waals surface area contributed by atoms with Crippen LogP contribution >= 0.6 is 0 Å². The van der Waals surface area contributed by atoms with Crippen LogP contribution in [0.15, 0.2) is 43.0 Å². The monoisotopic (exact) mass is 483 g/mol. The van der Waals surface area contributed by atoms with Crippen LogP contribution < -0.4 is 10.5 Å². The maximum atomic E-state index is 14.8. The quantitative estimate of drug-likeness (QED) is 0.290. The van der Waals surface area contributed by atoms with Gasteiger partial charge in [-0.2, -0.15) is 0 Å². The highest BCUT2D eigenvalue weighted by Gasteiger charge is 2.31. The lowest BCUT2D eigenvalue weighted by atomic mass is 10.2. The second-order valence-electron chi connectivity index (χ2n) is 8.43. The van der Waals surface area contributed by atoms with E-state index in [2.05, 4.69) is 11.6 Å². The van der Waals surface area contributed by atoms with Crippen molar-refractivity contribution in [3.05, 3.63) is 54.2 Å². The van der Waals surface area contributed by atoms with Crippen LogP contribution in [0, 0.1) is 0 Å². The van der Waals surface area contributed by atoms with Crippen LogP contribution in [0.5, 0.6) is 5.75 Å². The molecule has 10 heteroatoms. The van der Waals surface area contributed by atoms with Gasteiger partial charge in [0.1, 0.15) is 16.9 Å². The molecule has 3 aromatic heterocycles. The van der Waals surface area contributed by atoms with Gasteiger partial charge in [-0.3, -0.25) is 0 Å². The van der Waals surface area contributed by atoms with Gasteiger partial charge in [-0.25, -0.2) is 23.5 Å². The standard InChI is InChI=1S/C25H27F2N5O3/c1-6-9-25(26,27)13-32-19(11-15-7-8-17(14(2)28)29-22(15)32)23-30-18-10-16(24(33)35-5)12-20(34-4)21(18)31(23)3/h6-8,10-12,14H,1,9,13,28H2,2-5H3/t14-/m1/s1. The van der Waals surface area contributed by atoms with Crippen molar-refractivity contribution in [3.63, 3.8) is 0 Å². The van der Waals surface area contributed by atoms with Crippen molar-refractivity contribution in [1.29, 1.82) is 0 Å². The number of nitrogens with two attached hydrogens (primary N) is 1. The van der Waals surface area contributed by atoms with E-state index in [0.29, 0.717) is 45.0 Å². The molecule has 8 nitrogen and oxygen atoms in total. The number of pyridine rings is 1. The summed E-state index contributed by atoms with van der Waals surface area (Å²) in [5.74, 6) is -2.78. The number of halogens is 2. The molecule has 0 spiro atoms. The number of rotatable bonds is 8. The molecule has 0 amide bonds. The van der Waals surface area contributed by atoms with Crippen LogP contribution in [0.1, 0.15) is 35.4 Å². The molecule has 2 N–H and O–H groups in total. The van der Waals surface area contributed by atoms with Crippen LogP contribution in [0.2, 0.25) is 0 Å². The number of imidazole rings is 1. The molecular formula is C25H27F2N5O3. The number of carbonyl (C=O) groups excluding carboxylic acids is 1. The van der Waals surface area contributed by atoms with E-state index in [4.69, 9.17) is 20.2 Å². The normalized spacial score (nSPS) is 12.8. The third-order valence-electron chi connectivity index (χ3n) is 5.87. The molecule has 0 aliphatic carbocycles. The predicted octanol–water partition coefficient (Wildman–Crippen LogP) is 4.62. The minimum Gasteiger partial charge on any atom is -0.494 e. The Bertz CT molecular complexity index is 1440. The summed E-state index contributed by atoms with van der Waals surface area (Å²) in [6, 6.07) is 8.14. The number of hydrogen-bond donors (Lipinski definition) is 1. The first-order valence-corrected chi connectivity index (χ1v) is 11.0. The molecule has 0 fully saturated rings. The smallest absolute Gasteiger partial charge is 0.338 e. The minimum atomic E-state index is -3.06. The van der Waals surface area contributed by atoms with Crippen molar-refractivity contribution in [2.75, 3.05) is 14.2 Å². The number of ether oxygens (including phenoxy) is 2. The summed E-state index contributed by atoms with van der Waals surface area (Å²) >= 11 is 0. The lowest BCUT2D eigenvalue weighted by molar-refractivity contribution is -0.0117. The molecule has 0 bridgehead atoms. The zero-order valence-corrected chi connectivity index (χ0v) is 20.0. The van der Waals surface area contributed by atoms with Crippen molar-refractivity contribution < 1.29 is 23.0 Å². The van der Waals surface area contributed by atoms with E-state index >= 15 is 0 Å². The van der Waals surface area contributed by atoms with Gasteiger partial charge < -0.3 is 24.3 Å². The molecule has 1 atom stereocenters. The van der Waals surface area contributed by atoms with Crippen LogP contribution in [-0.4, -0.2) is 45.2 Å². The Labute approximate surface area is 201 Å². The number of fused-ring (bicyclic) bond motifs is 2. The van der Waals surface area contributed by atoms with Crippen molar-refractivity contribution in [2.24, 2.45) is 12.8 Å². The summed E-state index contributed by atoms with van der Waals surface area (Å²) in [5, 5.41) is 0.674. The summed E-state index contributed by atoms with van der Waals surface area (Å²) in [7, 11) is 4.53. The van der Waals surface area contributed by atoms with E-state index in [-0.39, 0.29) is 11.6 Å². The van der Waals surface area contributed by atoms with Gasteiger partial charge in [0, 0.05) is 24.9 Å². The SMILES string of the molecule is C=CCC(F)(F)Cn1c(-c2nc3cc(C(=O)OC)cc(OC)c3n2C)cc2ccc([C@@H](C)N)nc21. The Balaban J connectivity index is 2.00. The van der Waals surface area contributed by atoms with Gasteiger partial charge in [-0.15, -0.1) is 6.58 Å². The van der Waals surface area contributed by atoms with Gasteiger partial charge in [0.25, 0.3) is 5.92 Å². The number of methoxy groups -OCH3 is 2. The first-order chi connectivity index (χ1) is 16.6. The number of aryl methyl sites for hydroxylation is 1. The Morgan fingerprint density at radius 1 is 1.26 bits per heavy atom. The fourth-order valence-corrected chi connectivity index (χ4v) is 4.18. The van der Waals surface area contributed by atoms with Gasteiger partial charge in [0.15, 0.2) is 5.82 Å². The molecule has 0 unspecified atom stereocenters. The molecule has 35 heavy (non-hydrogen) atoms. The Hall–Kier alpha value is -3.79. The van der Waals surface area contributed by atoms with E-state index in [1.165, 1.54) is 24.9 Å². The number of allylic oxidation sites excluding steroid dienone is 1. The van der Waals surface area contributed by atoms with Gasteiger partial charge in [-0.05, 0) is 37.3 Å². The van der Waals surface area contributed by atoms with E-state index in [1.54, 1.807) is 42.8 Å². The summed E-state index contributed by atoms with van der Waals surface area (Å²) in [6.45, 7) is 4.62. The van der Waals surface area contributed by atoms with Crippen molar-refractivity contribution in [1.82, 2.24) is 19.1 Å². The summed E-state index contributed by atoms with van der Waals surface area (Å²) in [6.07, 6.45) is 0.707. The first kappa shape index (κ1) is 24.3. The highest BCUT2D eigenvalue weighted by atomic mass is 19.3. The van der Waals surface area contributed by atoms with Crippen molar-refractivity contribution >= 4 is 28.0 Å². The third kappa shape index (κ3) is 4.37. The fourth-order valence-electron chi connectivity index (χ4n) is 4.18. The fraction of sp³-hybridized carbons (Fsp3) is 0.320. The largest absolute Gasteiger partial charge is 0.494 e. The first-order valence-electron chi connectivity index (χ1n) is 11.0. The molecule has 0 aliphatic rings. The van der Waals surface area contributed by atoms with Crippen LogP contribution in [0.3, 0.4) is 0 Å². The predicted molar refractivity (Wildman–Crippen MR) is 130 cm³/mol. The van der Waals surface area contributed by atoms with Gasteiger partial charge in [-0.1, -0.05) is 6.08 Å². The highest BCUT2D eigenvalue weighted by Crippen LogP contribution is 2.36. The summed E-state index contributed by atoms with van der Waals surface area (Å²) in [4.78, 5) is 21.4. The molecule has 4 rings (SSSR count). The molecule has 0 radical (unpaired) electrons. The number of carbonyl (C=O) groups is 1. The molecule has 4 aromatic rings. The van der Waals surface area contributed by atoms with E-state index in [1.807, 2.05) is 6.07 Å². The average Bonchev–Trinajstić information content (AvgIpc) is 3.34. The lowest BCUT2D eigenvalue weighted by Crippen LogP contribution is -2.24. The second kappa shape index (κ2) is 9.10. The van der Waals surface area contributed by atoms with E-state index in [0.717, 1.165) is 0 Å². The Morgan fingerprint density at radius 2 is 2.00 bits per heavy atom. The van der Waals surface area contributed by atoms with E-state index in [9.17, 15) is 13.6 Å². The number of nitrogens with zero attached hydrogens (tertiary/aromatic N) is 4. The minimum absolute atomic E-state index is 0.266. The lowest BCUT2D eigenvalue weighted by Gasteiger charge is -2.18. The van der Waals surface area contributed by atoms with Gasteiger partial charge in [0.2, 0.25) is 0 Å². The van der Waals surface area contributed by atoms with Gasteiger partial charge in [0.05, 0.1) is 43.2 Å². The van der Waals surface area contributed by atoms with Crippen LogP contribution in [-0.2, 0) is 18.3 Å². The topological polar surface area (TPSA) is 97.2 Å². The molecule has 0 aliphatic heterocycles. The molecular weight excluding hydrogens is 456 g/mol. The average molecular weight is 484 g/mol. The number of hydrogen-bond acceptors (Lipinski definition) is 6. The van der Waals surface area contributed by atoms with E-state index < -0.39 is 24.9 Å². The summed E-state index contributed by atoms with van der Waals surface area (Å²) in [5.41, 5.74) is 8.75. The third-order valence-corrected chi connectivity index (χ3v) is 5.87.